The van der Waals surface area contributed by atoms with Crippen LogP contribution in [0.25, 0.3) is 5.57 Å². The number of carbonyl (C=O) groups excluding carboxylic acids is 1. The zero-order chi connectivity index (χ0) is 24.3. The number of fused-ring (bicyclic) bond motifs is 1. The van der Waals surface area contributed by atoms with Gasteiger partial charge in [-0.3, -0.25) is 14.9 Å². The van der Waals surface area contributed by atoms with E-state index in [1.165, 1.54) is 29.5 Å². The molecule has 2 aromatic carbocycles. The Hall–Kier alpha value is -3.68. The number of para-hydroxylation sites is 2. The number of hydrogen-bond acceptors (Lipinski definition) is 6. The standard InChI is InChI=1S/C25H30N4O4/c1-16(2)28-22-11-17(3)19(12-20(22)18(4)13-25(28,5)6)14-26-27-24(30)15-33-23-10-8-7-9-21(23)29(31)32/h7-14,16H,15H2,1-6H3,(H,27,30)/b26-14+. The van der Waals surface area contributed by atoms with Crippen molar-refractivity contribution in [2.24, 2.45) is 5.10 Å². The molecule has 0 radical (unpaired) electrons. The number of nitro groups is 1. The summed E-state index contributed by atoms with van der Waals surface area (Å²) in [5, 5.41) is 15.1. The van der Waals surface area contributed by atoms with Gasteiger partial charge in [-0.05, 0) is 76.4 Å². The van der Waals surface area contributed by atoms with Gasteiger partial charge in [0.15, 0.2) is 12.4 Å². The number of carbonyl (C=O) groups is 1. The molecule has 0 bridgehead atoms. The first-order valence-corrected chi connectivity index (χ1v) is 10.8. The normalized spacial score (nSPS) is 14.8. The molecule has 0 unspecified atom stereocenters. The average molecular weight is 451 g/mol. The molecule has 1 aliphatic heterocycles. The number of nitro benzene ring substituents is 1. The van der Waals surface area contributed by atoms with E-state index in [9.17, 15) is 14.9 Å². The molecular weight excluding hydrogens is 420 g/mol. The Kier molecular flexibility index (Phi) is 6.86. The third-order valence-electron chi connectivity index (χ3n) is 5.59. The van der Waals surface area contributed by atoms with Gasteiger partial charge < -0.3 is 9.64 Å². The van der Waals surface area contributed by atoms with E-state index in [2.05, 4.69) is 68.3 Å². The van der Waals surface area contributed by atoms with Crippen molar-refractivity contribution >= 4 is 29.1 Å². The average Bonchev–Trinajstić information content (AvgIpc) is 2.72. The van der Waals surface area contributed by atoms with Gasteiger partial charge in [-0.25, -0.2) is 5.43 Å². The number of nitrogens with zero attached hydrogens (tertiary/aromatic N) is 3. The largest absolute Gasteiger partial charge is 0.477 e. The zero-order valence-corrected chi connectivity index (χ0v) is 19.9. The van der Waals surface area contributed by atoms with Gasteiger partial charge in [-0.1, -0.05) is 18.2 Å². The van der Waals surface area contributed by atoms with E-state index in [4.69, 9.17) is 4.74 Å². The maximum atomic E-state index is 12.1. The van der Waals surface area contributed by atoms with Gasteiger partial charge in [0, 0.05) is 23.4 Å². The van der Waals surface area contributed by atoms with Crippen molar-refractivity contribution in [3.05, 3.63) is 69.3 Å². The van der Waals surface area contributed by atoms with Crippen molar-refractivity contribution in [2.75, 3.05) is 11.5 Å². The van der Waals surface area contributed by atoms with Gasteiger partial charge in [-0.2, -0.15) is 5.10 Å². The highest BCUT2D eigenvalue weighted by Crippen LogP contribution is 2.41. The number of hydrazone groups is 1. The summed E-state index contributed by atoms with van der Waals surface area (Å²) < 4.78 is 5.29. The SMILES string of the molecule is CC1=CC(C)(C)N(C(C)C)c2cc(C)c(/C=N/NC(=O)COc3ccccc3[N+](=O)[O-])cc21. The van der Waals surface area contributed by atoms with Crippen LogP contribution < -0.4 is 15.1 Å². The number of hydrogen-bond donors (Lipinski definition) is 1. The lowest BCUT2D eigenvalue weighted by molar-refractivity contribution is -0.385. The molecule has 0 fully saturated rings. The molecule has 1 aliphatic rings. The molecular formula is C25H30N4O4. The van der Waals surface area contributed by atoms with Gasteiger partial charge in [-0.15, -0.1) is 0 Å². The van der Waals surface area contributed by atoms with Crippen molar-refractivity contribution in [1.29, 1.82) is 0 Å². The minimum atomic E-state index is -0.553. The molecule has 33 heavy (non-hydrogen) atoms. The summed E-state index contributed by atoms with van der Waals surface area (Å²) in [5.74, 6) is -0.476. The predicted octanol–water partition coefficient (Wildman–Crippen LogP) is 4.84. The van der Waals surface area contributed by atoms with Crippen LogP contribution in [0.15, 0.2) is 47.6 Å². The summed E-state index contributed by atoms with van der Waals surface area (Å²) in [4.78, 5) is 25.0. The molecule has 0 spiro atoms. The molecule has 3 rings (SSSR count). The number of ether oxygens (including phenoxy) is 1. The van der Waals surface area contributed by atoms with Crippen molar-refractivity contribution in [2.45, 2.75) is 53.1 Å². The molecule has 1 N–H and O–H groups in total. The topological polar surface area (TPSA) is 97.1 Å². The molecule has 0 atom stereocenters. The van der Waals surface area contributed by atoms with Gasteiger partial charge in [0.2, 0.25) is 0 Å². The lowest BCUT2D eigenvalue weighted by atomic mass is 9.86. The predicted molar refractivity (Wildman–Crippen MR) is 131 cm³/mol. The molecule has 0 aliphatic carbocycles. The van der Waals surface area contributed by atoms with E-state index in [1.54, 1.807) is 12.3 Å². The molecule has 2 aromatic rings. The summed E-state index contributed by atoms with van der Waals surface area (Å²) in [6, 6.07) is 10.5. The summed E-state index contributed by atoms with van der Waals surface area (Å²) in [6.07, 6.45) is 3.87. The Morgan fingerprint density at radius 2 is 1.97 bits per heavy atom. The molecule has 0 saturated heterocycles. The van der Waals surface area contributed by atoms with Crippen LogP contribution in [0.4, 0.5) is 11.4 Å². The Balaban J connectivity index is 1.72. The van der Waals surface area contributed by atoms with Gasteiger partial charge in [0.1, 0.15) is 0 Å². The Morgan fingerprint density at radius 1 is 1.27 bits per heavy atom. The van der Waals surface area contributed by atoms with E-state index >= 15 is 0 Å². The first-order valence-electron chi connectivity index (χ1n) is 10.8. The Morgan fingerprint density at radius 3 is 2.64 bits per heavy atom. The molecule has 8 heteroatoms. The summed E-state index contributed by atoms with van der Waals surface area (Å²) in [7, 11) is 0. The van der Waals surface area contributed by atoms with Crippen molar-refractivity contribution in [3.63, 3.8) is 0 Å². The smallest absolute Gasteiger partial charge is 0.310 e. The second-order valence-electron chi connectivity index (χ2n) is 8.98. The van der Waals surface area contributed by atoms with Gasteiger partial charge in [0.05, 0.1) is 16.7 Å². The lowest BCUT2D eigenvalue weighted by Gasteiger charge is -2.46. The highest BCUT2D eigenvalue weighted by Gasteiger charge is 2.33. The summed E-state index contributed by atoms with van der Waals surface area (Å²) in [6.45, 7) is 12.5. The van der Waals surface area contributed by atoms with Crippen LogP contribution in [0.5, 0.6) is 5.75 Å². The fourth-order valence-corrected chi connectivity index (χ4v) is 4.37. The van der Waals surface area contributed by atoms with Crippen LogP contribution in [0.2, 0.25) is 0 Å². The van der Waals surface area contributed by atoms with E-state index in [0.29, 0.717) is 6.04 Å². The first-order chi connectivity index (χ1) is 15.5. The quantitative estimate of drug-likeness (QED) is 0.370. The fourth-order valence-electron chi connectivity index (χ4n) is 4.37. The van der Waals surface area contributed by atoms with E-state index in [0.717, 1.165) is 16.7 Å². The zero-order valence-electron chi connectivity index (χ0n) is 19.9. The highest BCUT2D eigenvalue weighted by atomic mass is 16.6. The second kappa shape index (κ2) is 9.44. The van der Waals surface area contributed by atoms with Crippen LogP contribution in [0, 0.1) is 17.0 Å². The highest BCUT2D eigenvalue weighted by molar-refractivity contribution is 5.90. The number of amides is 1. The summed E-state index contributed by atoms with van der Waals surface area (Å²) in [5.41, 5.74) is 7.60. The Labute approximate surface area is 194 Å². The van der Waals surface area contributed by atoms with Gasteiger partial charge in [0.25, 0.3) is 5.91 Å². The summed E-state index contributed by atoms with van der Waals surface area (Å²) >= 11 is 0. The first kappa shape index (κ1) is 24.0. The number of anilines is 1. The third kappa shape index (κ3) is 5.22. The van der Waals surface area contributed by atoms with Crippen molar-refractivity contribution < 1.29 is 14.5 Å². The van der Waals surface area contributed by atoms with E-state index in [1.807, 2.05) is 6.92 Å². The van der Waals surface area contributed by atoms with Crippen molar-refractivity contribution in [3.8, 4) is 5.75 Å². The maximum absolute atomic E-state index is 12.1. The van der Waals surface area contributed by atoms with E-state index in [-0.39, 0.29) is 23.6 Å². The van der Waals surface area contributed by atoms with Crippen LogP contribution in [0.3, 0.4) is 0 Å². The van der Waals surface area contributed by atoms with Crippen LogP contribution in [0.1, 0.15) is 51.3 Å². The third-order valence-corrected chi connectivity index (χ3v) is 5.59. The monoisotopic (exact) mass is 450 g/mol. The number of benzene rings is 2. The fraction of sp³-hybridized carbons (Fsp3) is 0.360. The van der Waals surface area contributed by atoms with Crippen LogP contribution in [-0.2, 0) is 4.79 Å². The molecule has 8 nitrogen and oxygen atoms in total. The molecule has 174 valence electrons. The molecule has 0 aromatic heterocycles. The van der Waals surface area contributed by atoms with Crippen LogP contribution >= 0.6 is 0 Å². The second-order valence-corrected chi connectivity index (χ2v) is 8.98. The van der Waals surface area contributed by atoms with E-state index < -0.39 is 10.8 Å². The number of rotatable bonds is 7. The number of nitrogens with one attached hydrogen (secondary N) is 1. The maximum Gasteiger partial charge on any atom is 0.310 e. The minimum Gasteiger partial charge on any atom is -0.477 e. The molecule has 1 amide bonds. The molecule has 0 saturated carbocycles. The minimum absolute atomic E-state index is 0.0343. The van der Waals surface area contributed by atoms with Gasteiger partial charge >= 0.3 is 5.69 Å². The Bertz CT molecular complexity index is 1140. The van der Waals surface area contributed by atoms with Crippen LogP contribution in [-0.4, -0.2) is 35.2 Å². The molecule has 1 heterocycles. The number of allylic oxidation sites excluding steroid dienone is 1. The lowest BCUT2D eigenvalue weighted by Crippen LogP contribution is -2.49. The van der Waals surface area contributed by atoms with Crippen molar-refractivity contribution in [1.82, 2.24) is 5.43 Å². The number of aryl methyl sites for hydroxylation is 1.